The molecular weight excluding hydrogens is 280 g/mol. The first-order chi connectivity index (χ1) is 10.7. The second-order valence-corrected chi connectivity index (χ2v) is 5.26. The lowest BCUT2D eigenvalue weighted by molar-refractivity contribution is 0.102. The van der Waals surface area contributed by atoms with Crippen molar-refractivity contribution in [3.05, 3.63) is 53.7 Å². The Kier molecular flexibility index (Phi) is 4.34. The number of amides is 1. The van der Waals surface area contributed by atoms with Gasteiger partial charge in [-0.05, 0) is 24.6 Å². The molecule has 0 saturated carbocycles. The van der Waals surface area contributed by atoms with Gasteiger partial charge in [-0.2, -0.15) is 0 Å². The number of pyridine rings is 1. The number of hydrogen-bond donors (Lipinski definition) is 1. The van der Waals surface area contributed by atoms with Gasteiger partial charge in [0.2, 0.25) is 5.88 Å². The molecule has 1 N–H and O–H groups in total. The first-order valence-electron chi connectivity index (χ1n) is 7.30. The Bertz CT molecular complexity index is 666. The fraction of sp³-hybridized carbons (Fsp3) is 0.294. The molecule has 3 rings (SSSR count). The van der Waals surface area contributed by atoms with Crippen molar-refractivity contribution in [2.75, 3.05) is 18.5 Å². The van der Waals surface area contributed by atoms with Crippen LogP contribution in [0.25, 0.3) is 0 Å². The molecule has 2 aromatic rings. The first-order valence-corrected chi connectivity index (χ1v) is 7.30. The van der Waals surface area contributed by atoms with Crippen molar-refractivity contribution in [3.8, 4) is 5.88 Å². The van der Waals surface area contributed by atoms with Gasteiger partial charge < -0.3 is 14.8 Å². The van der Waals surface area contributed by atoms with Crippen LogP contribution in [0.3, 0.4) is 0 Å². The monoisotopic (exact) mass is 298 g/mol. The highest BCUT2D eigenvalue weighted by atomic mass is 16.5. The molecule has 1 aromatic heterocycles. The maximum absolute atomic E-state index is 12.3. The number of hydrogen-bond acceptors (Lipinski definition) is 4. The molecule has 0 radical (unpaired) electrons. The molecule has 1 fully saturated rings. The largest absolute Gasteiger partial charge is 0.472 e. The number of carbonyl (C=O) groups excluding carboxylic acids is 1. The molecule has 5 heteroatoms. The normalized spacial score (nSPS) is 17.2. The number of para-hydroxylation sites is 1. The second-order valence-electron chi connectivity index (χ2n) is 5.26. The van der Waals surface area contributed by atoms with E-state index in [-0.39, 0.29) is 12.0 Å². The number of ether oxygens (including phenoxy) is 2. The van der Waals surface area contributed by atoms with Gasteiger partial charge in [-0.15, -0.1) is 0 Å². The summed E-state index contributed by atoms with van der Waals surface area (Å²) in [5.41, 5.74) is 2.34. The molecule has 5 nitrogen and oxygen atoms in total. The Labute approximate surface area is 129 Å². The molecule has 1 aliphatic heterocycles. The number of nitrogens with one attached hydrogen (secondary N) is 1. The lowest BCUT2D eigenvalue weighted by Gasteiger charge is -2.12. The third kappa shape index (κ3) is 3.43. The van der Waals surface area contributed by atoms with Crippen LogP contribution in [0.4, 0.5) is 5.69 Å². The summed E-state index contributed by atoms with van der Waals surface area (Å²) in [4.78, 5) is 16.5. The van der Waals surface area contributed by atoms with Gasteiger partial charge >= 0.3 is 0 Å². The Morgan fingerprint density at radius 2 is 2.23 bits per heavy atom. The molecule has 1 aromatic carbocycles. The number of anilines is 1. The minimum atomic E-state index is -0.177. The van der Waals surface area contributed by atoms with E-state index in [0.717, 1.165) is 17.7 Å². The van der Waals surface area contributed by atoms with E-state index in [1.54, 1.807) is 18.3 Å². The maximum Gasteiger partial charge on any atom is 0.255 e. The summed E-state index contributed by atoms with van der Waals surface area (Å²) >= 11 is 0. The van der Waals surface area contributed by atoms with E-state index in [9.17, 15) is 4.79 Å². The van der Waals surface area contributed by atoms with Crippen LogP contribution in [-0.2, 0) is 4.74 Å². The number of carbonyl (C=O) groups is 1. The van der Waals surface area contributed by atoms with Gasteiger partial charge in [0.15, 0.2) is 0 Å². The Balaban J connectivity index is 1.71. The van der Waals surface area contributed by atoms with E-state index in [0.29, 0.717) is 24.7 Å². The Hall–Kier alpha value is -2.40. The minimum absolute atomic E-state index is 0.0159. The van der Waals surface area contributed by atoms with Crippen molar-refractivity contribution >= 4 is 11.6 Å². The maximum atomic E-state index is 12.3. The molecule has 22 heavy (non-hydrogen) atoms. The van der Waals surface area contributed by atoms with Gasteiger partial charge in [0, 0.05) is 29.9 Å². The number of nitrogens with zero attached hydrogens (tertiary/aromatic N) is 1. The van der Waals surface area contributed by atoms with Gasteiger partial charge in [0.05, 0.1) is 13.2 Å². The van der Waals surface area contributed by atoms with Crippen LogP contribution < -0.4 is 10.1 Å². The van der Waals surface area contributed by atoms with E-state index >= 15 is 0 Å². The summed E-state index contributed by atoms with van der Waals surface area (Å²) in [7, 11) is 0. The summed E-state index contributed by atoms with van der Waals surface area (Å²) in [6.45, 7) is 3.23. The summed E-state index contributed by atoms with van der Waals surface area (Å²) in [5.74, 6) is 0.275. The van der Waals surface area contributed by atoms with Crippen LogP contribution >= 0.6 is 0 Å². The number of benzene rings is 1. The van der Waals surface area contributed by atoms with Crippen molar-refractivity contribution in [1.29, 1.82) is 0 Å². The second kappa shape index (κ2) is 6.58. The quantitative estimate of drug-likeness (QED) is 0.943. The van der Waals surface area contributed by atoms with Crippen LogP contribution in [0.15, 0.2) is 42.6 Å². The van der Waals surface area contributed by atoms with Gasteiger partial charge in [0.25, 0.3) is 5.91 Å². The van der Waals surface area contributed by atoms with Crippen LogP contribution in [0.1, 0.15) is 22.3 Å². The molecule has 0 spiro atoms. The highest BCUT2D eigenvalue weighted by Gasteiger charge is 2.18. The van der Waals surface area contributed by atoms with Crippen LogP contribution in [0.2, 0.25) is 0 Å². The van der Waals surface area contributed by atoms with Crippen molar-refractivity contribution in [2.24, 2.45) is 0 Å². The molecule has 114 valence electrons. The zero-order chi connectivity index (χ0) is 15.4. The van der Waals surface area contributed by atoms with Crippen molar-refractivity contribution < 1.29 is 14.3 Å². The third-order valence-electron chi connectivity index (χ3n) is 3.57. The molecule has 0 aliphatic carbocycles. The number of aryl methyl sites for hydroxylation is 1. The summed E-state index contributed by atoms with van der Waals surface area (Å²) < 4.78 is 11.0. The lowest BCUT2D eigenvalue weighted by atomic mass is 10.2. The molecule has 1 saturated heterocycles. The molecule has 0 bridgehead atoms. The average Bonchev–Trinajstić information content (AvgIpc) is 3.03. The highest BCUT2D eigenvalue weighted by molar-refractivity contribution is 6.04. The van der Waals surface area contributed by atoms with E-state index < -0.39 is 0 Å². The Morgan fingerprint density at radius 1 is 1.36 bits per heavy atom. The molecule has 1 amide bonds. The van der Waals surface area contributed by atoms with Crippen molar-refractivity contribution in [1.82, 2.24) is 4.98 Å². The average molecular weight is 298 g/mol. The van der Waals surface area contributed by atoms with Crippen LogP contribution in [-0.4, -0.2) is 30.2 Å². The minimum Gasteiger partial charge on any atom is -0.472 e. The van der Waals surface area contributed by atoms with Crippen LogP contribution in [0, 0.1) is 6.92 Å². The van der Waals surface area contributed by atoms with Crippen molar-refractivity contribution in [3.63, 3.8) is 0 Å². The molecule has 1 unspecified atom stereocenters. The zero-order valence-corrected chi connectivity index (χ0v) is 12.4. The number of aromatic nitrogens is 1. The third-order valence-corrected chi connectivity index (χ3v) is 3.57. The van der Waals surface area contributed by atoms with E-state index in [2.05, 4.69) is 10.3 Å². The smallest absolute Gasteiger partial charge is 0.255 e. The van der Waals surface area contributed by atoms with Crippen LogP contribution in [0.5, 0.6) is 5.88 Å². The predicted octanol–water partition coefficient (Wildman–Crippen LogP) is 2.81. The summed E-state index contributed by atoms with van der Waals surface area (Å²) in [6, 6.07) is 11.0. The SMILES string of the molecule is Cc1ccccc1NC(=O)c1ccnc(OC2CCOC2)c1. The fourth-order valence-corrected chi connectivity index (χ4v) is 2.30. The molecule has 1 atom stereocenters. The molecular formula is C17H18N2O3. The van der Waals surface area contributed by atoms with E-state index in [1.165, 1.54) is 0 Å². The molecule has 2 heterocycles. The van der Waals surface area contributed by atoms with Gasteiger partial charge in [-0.25, -0.2) is 4.98 Å². The van der Waals surface area contributed by atoms with E-state index in [4.69, 9.17) is 9.47 Å². The standard InChI is InChI=1S/C17H18N2O3/c1-12-4-2-3-5-15(12)19-17(20)13-6-8-18-16(10-13)22-14-7-9-21-11-14/h2-6,8,10,14H,7,9,11H2,1H3,(H,19,20). The summed E-state index contributed by atoms with van der Waals surface area (Å²) in [6.07, 6.45) is 2.45. The number of rotatable bonds is 4. The highest BCUT2D eigenvalue weighted by Crippen LogP contribution is 2.18. The topological polar surface area (TPSA) is 60.5 Å². The Morgan fingerprint density at radius 3 is 3.00 bits per heavy atom. The van der Waals surface area contributed by atoms with Gasteiger partial charge in [-0.3, -0.25) is 4.79 Å². The molecule has 1 aliphatic rings. The van der Waals surface area contributed by atoms with Crippen molar-refractivity contribution in [2.45, 2.75) is 19.4 Å². The predicted molar refractivity (Wildman–Crippen MR) is 83.2 cm³/mol. The first kappa shape index (κ1) is 14.5. The summed E-state index contributed by atoms with van der Waals surface area (Å²) in [5, 5.41) is 2.90. The van der Waals surface area contributed by atoms with Gasteiger partial charge in [0.1, 0.15) is 6.10 Å². The van der Waals surface area contributed by atoms with Gasteiger partial charge in [-0.1, -0.05) is 18.2 Å². The zero-order valence-electron chi connectivity index (χ0n) is 12.4. The fourth-order valence-electron chi connectivity index (χ4n) is 2.30. The lowest BCUT2D eigenvalue weighted by Crippen LogP contribution is -2.17. The van der Waals surface area contributed by atoms with E-state index in [1.807, 2.05) is 31.2 Å².